The SMILES string of the molecule is O=C(CC1CC1)N1CCC[C@H](CCc2c(F)cccc2F)C1. The Bertz CT molecular complexity index is 522. The van der Waals surface area contributed by atoms with Gasteiger partial charge >= 0.3 is 0 Å². The van der Waals surface area contributed by atoms with Crippen molar-refractivity contribution in [3.63, 3.8) is 0 Å². The normalized spacial score (nSPS) is 21.9. The van der Waals surface area contributed by atoms with E-state index < -0.39 is 11.6 Å². The molecule has 1 atom stereocenters. The number of amides is 1. The van der Waals surface area contributed by atoms with Gasteiger partial charge in [-0.1, -0.05) is 6.07 Å². The summed E-state index contributed by atoms with van der Waals surface area (Å²) in [5, 5.41) is 0. The minimum Gasteiger partial charge on any atom is -0.342 e. The van der Waals surface area contributed by atoms with Crippen LogP contribution in [-0.2, 0) is 11.2 Å². The van der Waals surface area contributed by atoms with Crippen LogP contribution in [-0.4, -0.2) is 23.9 Å². The van der Waals surface area contributed by atoms with E-state index in [1.165, 1.54) is 31.0 Å². The van der Waals surface area contributed by atoms with Crippen molar-refractivity contribution in [2.45, 2.75) is 44.9 Å². The van der Waals surface area contributed by atoms with Gasteiger partial charge in [-0.05, 0) is 62.5 Å². The lowest BCUT2D eigenvalue weighted by atomic mass is 9.91. The molecule has 0 unspecified atom stereocenters. The number of hydrogen-bond donors (Lipinski definition) is 0. The van der Waals surface area contributed by atoms with E-state index in [9.17, 15) is 13.6 Å². The summed E-state index contributed by atoms with van der Waals surface area (Å²) in [7, 11) is 0. The summed E-state index contributed by atoms with van der Waals surface area (Å²) in [5.74, 6) is 0.315. The number of halogens is 2. The van der Waals surface area contributed by atoms with E-state index in [-0.39, 0.29) is 11.5 Å². The minimum atomic E-state index is -0.461. The second-order valence-corrected chi connectivity index (χ2v) is 6.73. The van der Waals surface area contributed by atoms with Gasteiger partial charge in [0, 0.05) is 25.1 Å². The summed E-state index contributed by atoms with van der Waals surface area (Å²) in [6.07, 6.45) is 6.27. The topological polar surface area (TPSA) is 20.3 Å². The highest BCUT2D eigenvalue weighted by Crippen LogP contribution is 2.33. The van der Waals surface area contributed by atoms with Crippen LogP contribution in [0.3, 0.4) is 0 Å². The van der Waals surface area contributed by atoms with Crippen LogP contribution in [0.2, 0.25) is 0 Å². The molecule has 0 aromatic heterocycles. The maximum atomic E-state index is 13.7. The van der Waals surface area contributed by atoms with Crippen molar-refractivity contribution in [3.8, 4) is 0 Å². The molecule has 1 aliphatic carbocycles. The summed E-state index contributed by atoms with van der Waals surface area (Å²) >= 11 is 0. The molecule has 2 aliphatic rings. The van der Waals surface area contributed by atoms with Gasteiger partial charge in [0.15, 0.2) is 0 Å². The van der Waals surface area contributed by atoms with E-state index >= 15 is 0 Å². The van der Waals surface area contributed by atoms with Gasteiger partial charge in [0.2, 0.25) is 5.91 Å². The molecule has 4 heteroatoms. The zero-order valence-corrected chi connectivity index (χ0v) is 12.9. The smallest absolute Gasteiger partial charge is 0.222 e. The summed E-state index contributed by atoms with van der Waals surface area (Å²) < 4.78 is 27.3. The molecule has 22 heavy (non-hydrogen) atoms. The van der Waals surface area contributed by atoms with E-state index in [1.54, 1.807) is 0 Å². The molecule has 1 heterocycles. The molecule has 0 bridgehead atoms. The van der Waals surface area contributed by atoms with E-state index in [4.69, 9.17) is 0 Å². The van der Waals surface area contributed by atoms with Gasteiger partial charge in [-0.15, -0.1) is 0 Å². The number of carbonyl (C=O) groups is 1. The number of rotatable bonds is 5. The largest absolute Gasteiger partial charge is 0.342 e. The van der Waals surface area contributed by atoms with Crippen LogP contribution in [0.15, 0.2) is 18.2 Å². The summed E-state index contributed by atoms with van der Waals surface area (Å²) in [6.45, 7) is 1.59. The Morgan fingerprint density at radius 3 is 2.55 bits per heavy atom. The first-order valence-corrected chi connectivity index (χ1v) is 8.34. The zero-order chi connectivity index (χ0) is 15.5. The summed E-state index contributed by atoms with van der Waals surface area (Å²) in [6, 6.07) is 4.02. The number of carbonyl (C=O) groups excluding carboxylic acids is 1. The molecule has 1 saturated heterocycles. The van der Waals surface area contributed by atoms with Gasteiger partial charge < -0.3 is 4.90 Å². The molecule has 0 radical (unpaired) electrons. The highest BCUT2D eigenvalue weighted by Gasteiger charge is 2.29. The summed E-state index contributed by atoms with van der Waals surface area (Å²) in [4.78, 5) is 14.1. The first-order chi connectivity index (χ1) is 10.6. The molecule has 2 nitrogen and oxygen atoms in total. The molecule has 1 aromatic carbocycles. The van der Waals surface area contributed by atoms with Crippen LogP contribution < -0.4 is 0 Å². The predicted octanol–water partition coefficient (Wildman–Crippen LogP) is 3.94. The zero-order valence-electron chi connectivity index (χ0n) is 12.9. The molecule has 3 rings (SSSR count). The first-order valence-electron chi connectivity index (χ1n) is 8.34. The number of nitrogens with zero attached hydrogens (tertiary/aromatic N) is 1. The number of likely N-dealkylation sites (tertiary alicyclic amines) is 1. The van der Waals surface area contributed by atoms with Gasteiger partial charge in [0.25, 0.3) is 0 Å². The van der Waals surface area contributed by atoms with Crippen molar-refractivity contribution in [1.29, 1.82) is 0 Å². The van der Waals surface area contributed by atoms with Crippen molar-refractivity contribution in [1.82, 2.24) is 4.90 Å². The molecular weight excluding hydrogens is 284 g/mol. The second kappa shape index (κ2) is 6.76. The Morgan fingerprint density at radius 2 is 1.86 bits per heavy atom. The van der Waals surface area contributed by atoms with Crippen LogP contribution >= 0.6 is 0 Å². The van der Waals surface area contributed by atoms with E-state index in [2.05, 4.69) is 0 Å². The van der Waals surface area contributed by atoms with E-state index in [0.29, 0.717) is 24.7 Å². The number of hydrogen-bond acceptors (Lipinski definition) is 1. The maximum Gasteiger partial charge on any atom is 0.222 e. The monoisotopic (exact) mass is 307 g/mol. The molecule has 0 N–H and O–H groups in total. The lowest BCUT2D eigenvalue weighted by Gasteiger charge is -2.33. The maximum absolute atomic E-state index is 13.7. The van der Waals surface area contributed by atoms with Crippen molar-refractivity contribution >= 4 is 5.91 Å². The third-order valence-corrected chi connectivity index (χ3v) is 4.90. The third-order valence-electron chi connectivity index (χ3n) is 4.90. The molecule has 1 amide bonds. The summed E-state index contributed by atoms with van der Waals surface area (Å²) in [5.41, 5.74) is 0.184. The fraction of sp³-hybridized carbons (Fsp3) is 0.611. The molecule has 0 spiro atoms. The van der Waals surface area contributed by atoms with Gasteiger partial charge in [-0.2, -0.15) is 0 Å². The van der Waals surface area contributed by atoms with Crippen LogP contribution in [0.25, 0.3) is 0 Å². The van der Waals surface area contributed by atoms with E-state index in [1.807, 2.05) is 4.90 Å². The minimum absolute atomic E-state index is 0.184. The highest BCUT2D eigenvalue weighted by atomic mass is 19.1. The predicted molar refractivity (Wildman–Crippen MR) is 81.3 cm³/mol. The molecule has 120 valence electrons. The van der Waals surface area contributed by atoms with Crippen molar-refractivity contribution in [2.75, 3.05) is 13.1 Å². The van der Waals surface area contributed by atoms with Crippen molar-refractivity contribution in [2.24, 2.45) is 11.8 Å². The Balaban J connectivity index is 1.52. The van der Waals surface area contributed by atoms with Crippen LogP contribution in [0.1, 0.15) is 44.1 Å². The Hall–Kier alpha value is -1.45. The van der Waals surface area contributed by atoms with Crippen LogP contribution in [0.5, 0.6) is 0 Å². The Labute approximate surface area is 130 Å². The number of piperidine rings is 1. The van der Waals surface area contributed by atoms with Crippen LogP contribution in [0.4, 0.5) is 8.78 Å². The van der Waals surface area contributed by atoms with Gasteiger partial charge in [-0.3, -0.25) is 4.79 Å². The quantitative estimate of drug-likeness (QED) is 0.807. The molecule has 1 saturated carbocycles. The molecule has 1 aromatic rings. The Kier molecular flexibility index (Phi) is 4.74. The molecule has 1 aliphatic heterocycles. The second-order valence-electron chi connectivity index (χ2n) is 6.73. The van der Waals surface area contributed by atoms with Crippen molar-refractivity contribution in [3.05, 3.63) is 35.4 Å². The highest BCUT2D eigenvalue weighted by molar-refractivity contribution is 5.76. The lowest BCUT2D eigenvalue weighted by Crippen LogP contribution is -2.40. The third kappa shape index (κ3) is 3.84. The fourth-order valence-corrected chi connectivity index (χ4v) is 3.34. The average molecular weight is 307 g/mol. The lowest BCUT2D eigenvalue weighted by molar-refractivity contribution is -0.133. The van der Waals surface area contributed by atoms with E-state index in [0.717, 1.165) is 32.4 Å². The number of benzene rings is 1. The van der Waals surface area contributed by atoms with Gasteiger partial charge in [-0.25, -0.2) is 8.78 Å². The fourth-order valence-electron chi connectivity index (χ4n) is 3.34. The van der Waals surface area contributed by atoms with Crippen molar-refractivity contribution < 1.29 is 13.6 Å². The molecule has 2 fully saturated rings. The molecular formula is C18H23F2NO. The van der Waals surface area contributed by atoms with Gasteiger partial charge in [0.05, 0.1) is 0 Å². The average Bonchev–Trinajstić information content (AvgIpc) is 3.31. The Morgan fingerprint density at radius 1 is 1.14 bits per heavy atom. The van der Waals surface area contributed by atoms with Gasteiger partial charge in [0.1, 0.15) is 11.6 Å². The standard InChI is InChI=1S/C18H23F2NO/c19-16-4-1-5-17(20)15(16)9-8-14-3-2-10-21(12-14)18(22)11-13-6-7-13/h1,4-5,13-14H,2-3,6-12H2/t14-/m1/s1. The first kappa shape index (κ1) is 15.4. The van der Waals surface area contributed by atoms with Crippen LogP contribution in [0, 0.1) is 23.5 Å².